The van der Waals surface area contributed by atoms with Crippen molar-refractivity contribution < 1.29 is 14.4 Å². The van der Waals surface area contributed by atoms with Gasteiger partial charge in [0.1, 0.15) is 6.04 Å². The number of aromatic nitrogens is 1. The van der Waals surface area contributed by atoms with Gasteiger partial charge in [0.25, 0.3) is 11.5 Å². The molecule has 2 aromatic rings. The van der Waals surface area contributed by atoms with E-state index in [0.717, 1.165) is 17.0 Å². The summed E-state index contributed by atoms with van der Waals surface area (Å²) in [5.41, 5.74) is 1.70. The van der Waals surface area contributed by atoms with Crippen LogP contribution in [0.15, 0.2) is 47.3 Å². The van der Waals surface area contributed by atoms with Crippen LogP contribution >= 0.6 is 11.6 Å². The highest BCUT2D eigenvalue weighted by atomic mass is 35.5. The number of imide groups is 1. The molecule has 3 atom stereocenters. The molecule has 0 spiro atoms. The Balaban J connectivity index is 1.20. The van der Waals surface area contributed by atoms with Gasteiger partial charge in [0, 0.05) is 48.8 Å². The predicted molar refractivity (Wildman–Crippen MR) is 122 cm³/mol. The summed E-state index contributed by atoms with van der Waals surface area (Å²) in [4.78, 5) is 53.3. The van der Waals surface area contributed by atoms with Crippen molar-refractivity contribution in [3.8, 4) is 0 Å². The Morgan fingerprint density at radius 2 is 1.85 bits per heavy atom. The smallest absolute Gasteiger partial charge is 0.325 e. The molecule has 2 saturated heterocycles. The Kier molecular flexibility index (Phi) is 5.70. The van der Waals surface area contributed by atoms with Crippen LogP contribution in [0.3, 0.4) is 0 Å². The van der Waals surface area contributed by atoms with Gasteiger partial charge in [0.05, 0.1) is 6.54 Å². The standard InChI is InChI=1S/C24H25ClN4O4/c25-18-5-2-1-4-16(18)14-29-23(32)19(26-24(29)33)8-9-21(30)27-11-15-10-17(13-27)20-6-3-7-22(31)28(20)12-15/h1-7,15,17,19H,8-14H2,(H,26,33)/t15?,17?,19-/m0/s1. The third kappa shape index (κ3) is 4.15. The lowest BCUT2D eigenvalue weighted by Crippen LogP contribution is -2.49. The van der Waals surface area contributed by atoms with Gasteiger partial charge < -0.3 is 14.8 Å². The lowest BCUT2D eigenvalue weighted by Gasteiger charge is -2.42. The van der Waals surface area contributed by atoms with E-state index in [-0.39, 0.29) is 48.6 Å². The molecule has 8 nitrogen and oxygen atoms in total. The molecular weight excluding hydrogens is 444 g/mol. The second-order valence-corrected chi connectivity index (χ2v) is 9.46. The highest BCUT2D eigenvalue weighted by Gasteiger charge is 2.40. The van der Waals surface area contributed by atoms with E-state index in [1.807, 2.05) is 15.5 Å². The molecule has 2 unspecified atom stereocenters. The molecule has 3 aliphatic heterocycles. The second-order valence-electron chi connectivity index (χ2n) is 9.05. The number of benzene rings is 1. The molecule has 33 heavy (non-hydrogen) atoms. The van der Waals surface area contributed by atoms with Crippen LogP contribution in [0, 0.1) is 5.92 Å². The SMILES string of the molecule is O=C(CC[C@@H]1NC(=O)N(Cc2ccccc2Cl)C1=O)N1CC2CC(C1)c1cccc(=O)n1C2. The average Bonchev–Trinajstić information content (AvgIpc) is 3.07. The Labute approximate surface area is 196 Å². The van der Waals surface area contributed by atoms with Gasteiger partial charge in [-0.3, -0.25) is 19.3 Å². The number of fused-ring (bicyclic) bond motifs is 4. The van der Waals surface area contributed by atoms with Crippen molar-refractivity contribution >= 4 is 29.4 Å². The molecule has 3 aliphatic rings. The van der Waals surface area contributed by atoms with E-state index in [2.05, 4.69) is 5.32 Å². The van der Waals surface area contributed by atoms with Gasteiger partial charge in [-0.2, -0.15) is 0 Å². The first-order valence-electron chi connectivity index (χ1n) is 11.2. The zero-order valence-electron chi connectivity index (χ0n) is 18.1. The number of halogens is 1. The highest BCUT2D eigenvalue weighted by Crippen LogP contribution is 2.35. The number of amides is 4. The van der Waals surface area contributed by atoms with Crippen LogP contribution in [0.4, 0.5) is 4.79 Å². The third-order valence-electron chi connectivity index (χ3n) is 6.87. The molecule has 2 fully saturated rings. The summed E-state index contributed by atoms with van der Waals surface area (Å²) in [6, 6.07) is 11.2. The molecule has 0 radical (unpaired) electrons. The summed E-state index contributed by atoms with van der Waals surface area (Å²) in [5, 5.41) is 3.19. The first-order chi connectivity index (χ1) is 15.9. The molecule has 2 bridgehead atoms. The van der Waals surface area contributed by atoms with E-state index < -0.39 is 12.1 Å². The van der Waals surface area contributed by atoms with E-state index in [9.17, 15) is 19.2 Å². The lowest BCUT2D eigenvalue weighted by molar-refractivity contribution is -0.134. The van der Waals surface area contributed by atoms with Crippen LogP contribution in [0.5, 0.6) is 0 Å². The zero-order chi connectivity index (χ0) is 23.1. The number of urea groups is 1. The number of carbonyl (C=O) groups excluding carboxylic acids is 3. The highest BCUT2D eigenvalue weighted by molar-refractivity contribution is 6.31. The molecule has 0 aliphatic carbocycles. The molecule has 9 heteroatoms. The summed E-state index contributed by atoms with van der Waals surface area (Å²) in [6.45, 7) is 1.91. The van der Waals surface area contributed by atoms with Crippen LogP contribution < -0.4 is 10.9 Å². The summed E-state index contributed by atoms with van der Waals surface area (Å²) in [5.74, 6) is 0.0353. The summed E-state index contributed by atoms with van der Waals surface area (Å²) in [6.07, 6.45) is 1.41. The normalized spacial score (nSPS) is 24.0. The number of likely N-dealkylation sites (tertiary alicyclic amines) is 1. The molecule has 4 heterocycles. The first-order valence-corrected chi connectivity index (χ1v) is 11.6. The average molecular weight is 469 g/mol. The quantitative estimate of drug-likeness (QED) is 0.682. The van der Waals surface area contributed by atoms with Crippen molar-refractivity contribution in [2.45, 2.75) is 44.3 Å². The molecule has 172 valence electrons. The number of piperidine rings is 1. The van der Waals surface area contributed by atoms with Gasteiger partial charge in [-0.1, -0.05) is 35.9 Å². The maximum atomic E-state index is 13.0. The number of nitrogens with one attached hydrogen (secondary N) is 1. The molecule has 1 aromatic carbocycles. The van der Waals surface area contributed by atoms with E-state index in [1.165, 1.54) is 0 Å². The van der Waals surface area contributed by atoms with Crippen LogP contribution in [-0.4, -0.2) is 51.3 Å². The minimum absolute atomic E-state index is 0.0128. The maximum Gasteiger partial charge on any atom is 0.325 e. The van der Waals surface area contributed by atoms with E-state index in [0.29, 0.717) is 30.2 Å². The van der Waals surface area contributed by atoms with Crippen molar-refractivity contribution in [2.24, 2.45) is 5.92 Å². The van der Waals surface area contributed by atoms with Crippen molar-refractivity contribution in [3.63, 3.8) is 0 Å². The van der Waals surface area contributed by atoms with Crippen LogP contribution in [0.1, 0.15) is 36.4 Å². The zero-order valence-corrected chi connectivity index (χ0v) is 18.8. The Hall–Kier alpha value is -3.13. The number of nitrogens with zero attached hydrogens (tertiary/aromatic N) is 3. The molecule has 1 N–H and O–H groups in total. The van der Waals surface area contributed by atoms with E-state index in [4.69, 9.17) is 11.6 Å². The largest absolute Gasteiger partial charge is 0.342 e. The second kappa shape index (κ2) is 8.67. The van der Waals surface area contributed by atoms with Gasteiger partial charge in [0.15, 0.2) is 0 Å². The van der Waals surface area contributed by atoms with Crippen molar-refractivity contribution in [1.82, 2.24) is 19.7 Å². The Morgan fingerprint density at radius 3 is 2.67 bits per heavy atom. The van der Waals surface area contributed by atoms with Crippen LogP contribution in [0.2, 0.25) is 5.02 Å². The summed E-state index contributed by atoms with van der Waals surface area (Å²) >= 11 is 6.16. The molecule has 0 saturated carbocycles. The number of pyridine rings is 1. The minimum atomic E-state index is -0.715. The monoisotopic (exact) mass is 468 g/mol. The van der Waals surface area contributed by atoms with Gasteiger partial charge in [-0.05, 0) is 36.5 Å². The Morgan fingerprint density at radius 1 is 1.03 bits per heavy atom. The Bertz CT molecular complexity index is 1180. The fourth-order valence-corrected chi connectivity index (χ4v) is 5.44. The summed E-state index contributed by atoms with van der Waals surface area (Å²) in [7, 11) is 0. The molecule has 1 aromatic heterocycles. The van der Waals surface area contributed by atoms with Crippen molar-refractivity contribution in [2.75, 3.05) is 13.1 Å². The van der Waals surface area contributed by atoms with Gasteiger partial charge in [-0.25, -0.2) is 4.79 Å². The third-order valence-corrected chi connectivity index (χ3v) is 7.24. The fourth-order valence-electron chi connectivity index (χ4n) is 5.25. The van der Waals surface area contributed by atoms with Crippen LogP contribution in [-0.2, 0) is 22.7 Å². The number of hydrogen-bond donors (Lipinski definition) is 1. The van der Waals surface area contributed by atoms with Crippen LogP contribution in [0.25, 0.3) is 0 Å². The van der Waals surface area contributed by atoms with Crippen molar-refractivity contribution in [3.05, 3.63) is 69.1 Å². The minimum Gasteiger partial charge on any atom is -0.342 e. The maximum absolute atomic E-state index is 13.0. The van der Waals surface area contributed by atoms with Gasteiger partial charge >= 0.3 is 6.03 Å². The van der Waals surface area contributed by atoms with Crippen molar-refractivity contribution in [1.29, 1.82) is 0 Å². The van der Waals surface area contributed by atoms with Gasteiger partial charge in [-0.15, -0.1) is 0 Å². The lowest BCUT2D eigenvalue weighted by atomic mass is 9.83. The molecule has 5 rings (SSSR count). The topological polar surface area (TPSA) is 91.7 Å². The molecule has 4 amide bonds. The fraction of sp³-hybridized carbons (Fsp3) is 0.417. The van der Waals surface area contributed by atoms with E-state index in [1.54, 1.807) is 36.4 Å². The van der Waals surface area contributed by atoms with Gasteiger partial charge in [0.2, 0.25) is 5.91 Å². The first kappa shape index (κ1) is 21.7. The van der Waals surface area contributed by atoms with E-state index >= 15 is 0 Å². The number of hydrogen-bond acceptors (Lipinski definition) is 4. The number of rotatable bonds is 5. The number of carbonyl (C=O) groups is 3. The predicted octanol–water partition coefficient (Wildman–Crippen LogP) is 2.35. The molecular formula is C24H25ClN4O4. The summed E-state index contributed by atoms with van der Waals surface area (Å²) < 4.78 is 1.83.